The highest BCUT2D eigenvalue weighted by atomic mass is 35.5. The number of hydrogen-bond acceptors (Lipinski definition) is 5. The summed E-state index contributed by atoms with van der Waals surface area (Å²) in [5, 5.41) is 0.772. The third kappa shape index (κ3) is 4.09. The summed E-state index contributed by atoms with van der Waals surface area (Å²) < 4.78 is 10.9. The van der Waals surface area contributed by atoms with Crippen molar-refractivity contribution in [2.24, 2.45) is 0 Å². The maximum atomic E-state index is 12.5. The van der Waals surface area contributed by atoms with Crippen molar-refractivity contribution in [3.63, 3.8) is 0 Å². The van der Waals surface area contributed by atoms with Crippen molar-refractivity contribution in [1.29, 1.82) is 0 Å². The summed E-state index contributed by atoms with van der Waals surface area (Å²) in [5.74, 6) is 0.480. The first-order valence-corrected chi connectivity index (χ1v) is 9.37. The Morgan fingerprint density at radius 3 is 2.73 bits per heavy atom. The third-order valence-corrected chi connectivity index (χ3v) is 5.17. The Bertz CT molecular complexity index is 769. The molecule has 2 fully saturated rings. The van der Waals surface area contributed by atoms with Gasteiger partial charge in [0, 0.05) is 30.7 Å². The van der Waals surface area contributed by atoms with Gasteiger partial charge in [-0.3, -0.25) is 9.69 Å². The molecule has 0 spiro atoms. The van der Waals surface area contributed by atoms with Crippen molar-refractivity contribution in [3.8, 4) is 0 Å². The number of benzene rings is 1. The van der Waals surface area contributed by atoms with Crippen molar-refractivity contribution < 1.29 is 13.9 Å². The zero-order chi connectivity index (χ0) is 17.9. The van der Waals surface area contributed by atoms with Gasteiger partial charge < -0.3 is 14.1 Å². The maximum Gasteiger partial charge on any atom is 0.275 e. The fraction of sp³-hybridized carbons (Fsp3) is 0.474. The minimum Gasteiger partial charge on any atom is -0.447 e. The predicted molar refractivity (Wildman–Crippen MR) is 96.9 cm³/mol. The zero-order valence-corrected chi connectivity index (χ0v) is 15.3. The van der Waals surface area contributed by atoms with E-state index in [4.69, 9.17) is 20.8 Å². The number of rotatable bonds is 6. The largest absolute Gasteiger partial charge is 0.447 e. The zero-order valence-electron chi connectivity index (χ0n) is 14.6. The summed E-state index contributed by atoms with van der Waals surface area (Å²) in [6, 6.07) is 8.41. The third-order valence-electron chi connectivity index (χ3n) is 4.80. The molecule has 1 aliphatic heterocycles. The summed E-state index contributed by atoms with van der Waals surface area (Å²) in [7, 11) is 0. The van der Waals surface area contributed by atoms with Crippen LogP contribution in [-0.4, -0.2) is 53.0 Å². The van der Waals surface area contributed by atoms with Crippen LogP contribution in [0.2, 0.25) is 5.02 Å². The Hall–Kier alpha value is -1.89. The SMILES string of the molecule is O=C(c1coc(CN(Cc2ccccc2Cl)C2CC2)n1)N1CCOCC1. The Balaban J connectivity index is 1.43. The standard InChI is InChI=1S/C19H22ClN3O3/c20-16-4-2-1-3-14(16)11-23(15-5-6-15)12-18-21-17(13-26-18)19(24)22-7-9-25-10-8-22/h1-4,13,15H,5-12H2. The van der Waals surface area contributed by atoms with Crippen LogP contribution in [0.3, 0.4) is 0 Å². The molecule has 4 rings (SSSR count). The van der Waals surface area contributed by atoms with Crippen LogP contribution >= 0.6 is 11.6 Å². The van der Waals surface area contributed by atoms with Crippen molar-refractivity contribution >= 4 is 17.5 Å². The van der Waals surface area contributed by atoms with Gasteiger partial charge in [-0.05, 0) is 24.5 Å². The summed E-state index contributed by atoms with van der Waals surface area (Å²) in [6.07, 6.45) is 3.81. The number of morpholine rings is 1. The fourth-order valence-electron chi connectivity index (χ4n) is 3.18. The van der Waals surface area contributed by atoms with Crippen LogP contribution in [-0.2, 0) is 17.8 Å². The van der Waals surface area contributed by atoms with E-state index in [-0.39, 0.29) is 5.91 Å². The lowest BCUT2D eigenvalue weighted by Gasteiger charge is -2.25. The van der Waals surface area contributed by atoms with Gasteiger partial charge in [0.05, 0.1) is 19.8 Å². The second-order valence-electron chi connectivity index (χ2n) is 6.76. The van der Waals surface area contributed by atoms with Gasteiger partial charge in [-0.15, -0.1) is 0 Å². The number of carbonyl (C=O) groups is 1. The Kier molecular flexibility index (Phi) is 5.24. The molecule has 1 aliphatic carbocycles. The molecule has 0 unspecified atom stereocenters. The van der Waals surface area contributed by atoms with Crippen LogP contribution in [0.5, 0.6) is 0 Å². The summed E-state index contributed by atoms with van der Waals surface area (Å²) in [5.41, 5.74) is 1.47. The quantitative estimate of drug-likeness (QED) is 0.776. The molecular weight excluding hydrogens is 354 g/mol. The molecule has 1 aromatic carbocycles. The first kappa shape index (κ1) is 17.5. The average Bonchev–Trinajstić information content (AvgIpc) is 3.42. The van der Waals surface area contributed by atoms with Crippen LogP contribution in [0.4, 0.5) is 0 Å². The topological polar surface area (TPSA) is 58.8 Å². The number of ether oxygens (including phenoxy) is 1. The van der Waals surface area contributed by atoms with Crippen molar-refractivity contribution in [3.05, 3.63) is 52.7 Å². The van der Waals surface area contributed by atoms with E-state index in [0.29, 0.717) is 50.5 Å². The maximum absolute atomic E-state index is 12.5. The first-order valence-electron chi connectivity index (χ1n) is 8.99. The minimum atomic E-state index is -0.0904. The molecule has 1 saturated heterocycles. The predicted octanol–water partition coefficient (Wildman–Crippen LogP) is 2.97. The highest BCUT2D eigenvalue weighted by Gasteiger charge is 2.31. The van der Waals surface area contributed by atoms with Crippen LogP contribution in [0.1, 0.15) is 34.8 Å². The molecule has 138 valence electrons. The Labute approximate surface area is 157 Å². The molecule has 0 atom stereocenters. The van der Waals surface area contributed by atoms with Gasteiger partial charge in [-0.2, -0.15) is 0 Å². The van der Waals surface area contributed by atoms with Crippen molar-refractivity contribution in [2.45, 2.75) is 32.0 Å². The van der Waals surface area contributed by atoms with E-state index in [0.717, 1.165) is 17.1 Å². The molecule has 1 aromatic heterocycles. The molecule has 2 heterocycles. The van der Waals surface area contributed by atoms with Gasteiger partial charge in [-0.25, -0.2) is 4.98 Å². The molecule has 0 N–H and O–H groups in total. The lowest BCUT2D eigenvalue weighted by atomic mass is 10.2. The van der Waals surface area contributed by atoms with Gasteiger partial charge in [0.1, 0.15) is 6.26 Å². The molecule has 1 amide bonds. The fourth-order valence-corrected chi connectivity index (χ4v) is 3.38. The molecule has 0 radical (unpaired) electrons. The molecule has 0 bridgehead atoms. The average molecular weight is 376 g/mol. The lowest BCUT2D eigenvalue weighted by molar-refractivity contribution is 0.0299. The van der Waals surface area contributed by atoms with E-state index < -0.39 is 0 Å². The number of carbonyl (C=O) groups excluding carboxylic acids is 1. The van der Waals surface area contributed by atoms with Gasteiger partial charge in [0.15, 0.2) is 5.69 Å². The smallest absolute Gasteiger partial charge is 0.275 e. The van der Waals surface area contributed by atoms with Crippen LogP contribution in [0, 0.1) is 0 Å². The van der Waals surface area contributed by atoms with Crippen molar-refractivity contribution in [1.82, 2.24) is 14.8 Å². The highest BCUT2D eigenvalue weighted by Crippen LogP contribution is 2.31. The van der Waals surface area contributed by atoms with Crippen LogP contribution in [0.15, 0.2) is 34.9 Å². The Morgan fingerprint density at radius 2 is 2.00 bits per heavy atom. The molecule has 6 nitrogen and oxygen atoms in total. The van der Waals surface area contributed by atoms with E-state index in [1.807, 2.05) is 24.3 Å². The molecule has 2 aliphatic rings. The molecule has 7 heteroatoms. The first-order chi connectivity index (χ1) is 12.7. The molecule has 26 heavy (non-hydrogen) atoms. The number of amides is 1. The number of halogens is 1. The summed E-state index contributed by atoms with van der Waals surface area (Å²) >= 11 is 6.30. The second-order valence-corrected chi connectivity index (χ2v) is 7.17. The Morgan fingerprint density at radius 1 is 1.23 bits per heavy atom. The van der Waals surface area contributed by atoms with Gasteiger partial charge in [-0.1, -0.05) is 29.8 Å². The van der Waals surface area contributed by atoms with Gasteiger partial charge >= 0.3 is 0 Å². The molecule has 1 saturated carbocycles. The van der Waals surface area contributed by atoms with Crippen molar-refractivity contribution in [2.75, 3.05) is 26.3 Å². The molecular formula is C19H22ClN3O3. The second kappa shape index (κ2) is 7.78. The van der Waals surface area contributed by atoms with E-state index >= 15 is 0 Å². The van der Waals surface area contributed by atoms with E-state index in [2.05, 4.69) is 9.88 Å². The molecule has 2 aromatic rings. The van der Waals surface area contributed by atoms with Crippen LogP contribution in [0.25, 0.3) is 0 Å². The van der Waals surface area contributed by atoms with Crippen LogP contribution < -0.4 is 0 Å². The lowest BCUT2D eigenvalue weighted by Crippen LogP contribution is -2.40. The summed E-state index contributed by atoms with van der Waals surface area (Å²) in [4.78, 5) is 21.0. The highest BCUT2D eigenvalue weighted by molar-refractivity contribution is 6.31. The van der Waals surface area contributed by atoms with Gasteiger partial charge in [0.2, 0.25) is 5.89 Å². The van der Waals surface area contributed by atoms with Gasteiger partial charge in [0.25, 0.3) is 5.91 Å². The number of nitrogens with zero attached hydrogens (tertiary/aromatic N) is 3. The van der Waals surface area contributed by atoms with E-state index in [1.54, 1.807) is 4.90 Å². The monoisotopic (exact) mass is 375 g/mol. The minimum absolute atomic E-state index is 0.0904. The number of oxazole rings is 1. The number of aromatic nitrogens is 1. The van der Waals surface area contributed by atoms with E-state index in [9.17, 15) is 4.79 Å². The number of hydrogen-bond donors (Lipinski definition) is 0. The summed E-state index contributed by atoms with van der Waals surface area (Å²) in [6.45, 7) is 3.67. The normalized spacial score (nSPS) is 17.7. The van der Waals surface area contributed by atoms with E-state index in [1.165, 1.54) is 19.1 Å².